The molecule has 1 aliphatic carbocycles. The van der Waals surface area contributed by atoms with Crippen molar-refractivity contribution < 1.29 is 13.3 Å². The van der Waals surface area contributed by atoms with Gasteiger partial charge in [-0.2, -0.15) is 0 Å². The molecular formula is C13H19N3O4S. The molecule has 1 aromatic rings. The predicted molar refractivity (Wildman–Crippen MR) is 78.3 cm³/mol. The van der Waals surface area contributed by atoms with Gasteiger partial charge in [-0.1, -0.05) is 12.5 Å². The van der Waals surface area contributed by atoms with Gasteiger partial charge < -0.3 is 5.73 Å². The molecule has 116 valence electrons. The van der Waals surface area contributed by atoms with Crippen LogP contribution in [0.1, 0.15) is 24.8 Å². The van der Waals surface area contributed by atoms with Gasteiger partial charge in [0.05, 0.1) is 9.82 Å². The molecule has 0 aliphatic heterocycles. The first-order chi connectivity index (χ1) is 9.86. The van der Waals surface area contributed by atoms with Crippen molar-refractivity contribution in [2.45, 2.75) is 37.1 Å². The Bertz CT molecular complexity index is 645. The van der Waals surface area contributed by atoms with Crippen molar-refractivity contribution in [3.63, 3.8) is 0 Å². The molecule has 0 aromatic heterocycles. The van der Waals surface area contributed by atoms with Crippen LogP contribution in [0.15, 0.2) is 23.1 Å². The average Bonchev–Trinajstić information content (AvgIpc) is 2.84. The molecule has 8 heteroatoms. The van der Waals surface area contributed by atoms with Crippen molar-refractivity contribution in [3.05, 3.63) is 33.9 Å². The van der Waals surface area contributed by atoms with Crippen LogP contribution in [0.2, 0.25) is 0 Å². The summed E-state index contributed by atoms with van der Waals surface area (Å²) >= 11 is 0. The number of nitro benzene ring substituents is 1. The number of hydrogen-bond acceptors (Lipinski definition) is 5. The third kappa shape index (κ3) is 3.22. The number of nitro groups is 1. The fourth-order valence-electron chi connectivity index (χ4n) is 2.83. The second-order valence-electron chi connectivity index (χ2n) is 5.31. The first-order valence-electron chi connectivity index (χ1n) is 6.83. The number of rotatable bonds is 5. The molecule has 0 amide bonds. The zero-order valence-corrected chi connectivity index (χ0v) is 12.6. The van der Waals surface area contributed by atoms with Crippen LogP contribution in [0.4, 0.5) is 5.69 Å². The quantitative estimate of drug-likeness (QED) is 0.628. The first-order valence-corrected chi connectivity index (χ1v) is 8.31. The first kappa shape index (κ1) is 15.9. The maximum atomic E-state index is 12.5. The molecule has 2 unspecified atom stereocenters. The molecule has 1 fully saturated rings. The summed E-state index contributed by atoms with van der Waals surface area (Å²) in [6, 6.07) is 3.87. The Morgan fingerprint density at radius 1 is 1.43 bits per heavy atom. The zero-order valence-electron chi connectivity index (χ0n) is 11.8. The summed E-state index contributed by atoms with van der Waals surface area (Å²) in [7, 11) is -3.78. The molecule has 0 radical (unpaired) electrons. The van der Waals surface area contributed by atoms with Crippen molar-refractivity contribution in [3.8, 4) is 0 Å². The monoisotopic (exact) mass is 313 g/mol. The lowest BCUT2D eigenvalue weighted by atomic mass is 10.1. The van der Waals surface area contributed by atoms with Crippen LogP contribution in [-0.2, 0) is 10.0 Å². The second kappa shape index (κ2) is 6.08. The fraction of sp³-hybridized carbons (Fsp3) is 0.538. The average molecular weight is 313 g/mol. The van der Waals surface area contributed by atoms with Gasteiger partial charge in [-0.3, -0.25) is 10.1 Å². The minimum Gasteiger partial charge on any atom is -0.330 e. The van der Waals surface area contributed by atoms with Gasteiger partial charge in [0.1, 0.15) is 0 Å². The molecule has 0 heterocycles. The number of sulfonamides is 1. The smallest absolute Gasteiger partial charge is 0.273 e. The fourth-order valence-corrected chi connectivity index (χ4v) is 4.43. The highest BCUT2D eigenvalue weighted by molar-refractivity contribution is 7.89. The van der Waals surface area contributed by atoms with Crippen molar-refractivity contribution >= 4 is 15.7 Å². The highest BCUT2D eigenvalue weighted by Crippen LogP contribution is 2.28. The standard InChI is InChI=1S/C13H19N3O4S/c1-9-12(16(17)18)6-3-7-13(9)21(19,20)15-11-5-2-4-10(11)8-14/h3,6-7,10-11,15H,2,4-5,8,14H2,1H3. The molecule has 0 saturated heterocycles. The topological polar surface area (TPSA) is 115 Å². The largest absolute Gasteiger partial charge is 0.330 e. The van der Waals surface area contributed by atoms with E-state index in [1.165, 1.54) is 25.1 Å². The van der Waals surface area contributed by atoms with Gasteiger partial charge in [0.25, 0.3) is 5.69 Å². The molecule has 0 spiro atoms. The molecule has 21 heavy (non-hydrogen) atoms. The van der Waals surface area contributed by atoms with E-state index in [-0.39, 0.29) is 28.1 Å². The lowest BCUT2D eigenvalue weighted by molar-refractivity contribution is -0.385. The Kier molecular flexibility index (Phi) is 4.60. The lowest BCUT2D eigenvalue weighted by Crippen LogP contribution is -2.40. The van der Waals surface area contributed by atoms with Gasteiger partial charge in [0, 0.05) is 17.7 Å². The van der Waals surface area contributed by atoms with Crippen LogP contribution in [0.25, 0.3) is 0 Å². The van der Waals surface area contributed by atoms with E-state index in [1.807, 2.05) is 0 Å². The summed E-state index contributed by atoms with van der Waals surface area (Å²) in [6.45, 7) is 1.88. The summed E-state index contributed by atoms with van der Waals surface area (Å²) in [5.41, 5.74) is 5.61. The Morgan fingerprint density at radius 2 is 2.14 bits per heavy atom. The number of nitrogens with two attached hydrogens (primary N) is 1. The van der Waals surface area contributed by atoms with Gasteiger partial charge in [-0.05, 0) is 38.3 Å². The van der Waals surface area contributed by atoms with Gasteiger partial charge >= 0.3 is 0 Å². The highest BCUT2D eigenvalue weighted by atomic mass is 32.2. The van der Waals surface area contributed by atoms with E-state index in [2.05, 4.69) is 4.72 Å². The van der Waals surface area contributed by atoms with Crippen LogP contribution in [0.3, 0.4) is 0 Å². The summed E-state index contributed by atoms with van der Waals surface area (Å²) in [6.07, 6.45) is 2.58. The van der Waals surface area contributed by atoms with E-state index in [9.17, 15) is 18.5 Å². The Labute approximate surface area is 123 Å². The minimum atomic E-state index is -3.78. The number of nitrogens with one attached hydrogen (secondary N) is 1. The number of nitrogens with zero attached hydrogens (tertiary/aromatic N) is 1. The van der Waals surface area contributed by atoms with Crippen molar-refractivity contribution in [2.75, 3.05) is 6.54 Å². The second-order valence-corrected chi connectivity index (χ2v) is 6.99. The van der Waals surface area contributed by atoms with Gasteiger partial charge in [-0.15, -0.1) is 0 Å². The molecule has 2 atom stereocenters. The summed E-state index contributed by atoms with van der Waals surface area (Å²) in [5.74, 6) is 0.124. The molecular weight excluding hydrogens is 294 g/mol. The molecule has 0 bridgehead atoms. The molecule has 3 N–H and O–H groups in total. The molecule has 2 rings (SSSR count). The maximum Gasteiger partial charge on any atom is 0.273 e. The van der Waals surface area contributed by atoms with Crippen molar-refractivity contribution in [2.24, 2.45) is 11.7 Å². The number of hydrogen-bond donors (Lipinski definition) is 2. The summed E-state index contributed by atoms with van der Waals surface area (Å²) in [5, 5.41) is 10.9. The van der Waals surface area contributed by atoms with Crippen LogP contribution >= 0.6 is 0 Å². The third-order valence-corrected chi connectivity index (χ3v) is 5.64. The van der Waals surface area contributed by atoms with E-state index >= 15 is 0 Å². The Balaban J connectivity index is 2.32. The SMILES string of the molecule is Cc1c([N+](=O)[O-])cccc1S(=O)(=O)NC1CCCC1CN. The lowest BCUT2D eigenvalue weighted by Gasteiger charge is -2.20. The Hall–Kier alpha value is -1.51. The van der Waals surface area contributed by atoms with Crippen LogP contribution < -0.4 is 10.5 Å². The van der Waals surface area contributed by atoms with Gasteiger partial charge in [-0.25, -0.2) is 13.1 Å². The number of benzene rings is 1. The van der Waals surface area contributed by atoms with E-state index in [4.69, 9.17) is 5.73 Å². The van der Waals surface area contributed by atoms with E-state index in [0.717, 1.165) is 19.3 Å². The molecule has 1 aromatic carbocycles. The van der Waals surface area contributed by atoms with E-state index in [0.29, 0.717) is 6.54 Å². The van der Waals surface area contributed by atoms with E-state index in [1.54, 1.807) is 0 Å². The highest BCUT2D eigenvalue weighted by Gasteiger charge is 2.32. The van der Waals surface area contributed by atoms with E-state index < -0.39 is 14.9 Å². The minimum absolute atomic E-state index is 0.0422. The van der Waals surface area contributed by atoms with Crippen molar-refractivity contribution in [1.29, 1.82) is 0 Å². The maximum absolute atomic E-state index is 12.5. The zero-order chi connectivity index (χ0) is 15.6. The summed E-state index contributed by atoms with van der Waals surface area (Å²) in [4.78, 5) is 10.3. The Morgan fingerprint density at radius 3 is 2.76 bits per heavy atom. The predicted octanol–water partition coefficient (Wildman–Crippen LogP) is 1.31. The molecule has 7 nitrogen and oxygen atoms in total. The molecule has 1 aliphatic rings. The van der Waals surface area contributed by atoms with Crippen LogP contribution in [0.5, 0.6) is 0 Å². The normalized spacial score (nSPS) is 22.4. The third-order valence-electron chi connectivity index (χ3n) is 4.01. The van der Waals surface area contributed by atoms with Gasteiger partial charge in [0.15, 0.2) is 0 Å². The molecule has 1 saturated carbocycles. The van der Waals surface area contributed by atoms with Crippen LogP contribution in [-0.4, -0.2) is 25.9 Å². The van der Waals surface area contributed by atoms with Gasteiger partial charge in [0.2, 0.25) is 10.0 Å². The van der Waals surface area contributed by atoms with Crippen molar-refractivity contribution in [1.82, 2.24) is 4.72 Å². The summed E-state index contributed by atoms with van der Waals surface area (Å²) < 4.78 is 27.6. The van der Waals surface area contributed by atoms with Crippen LogP contribution in [0, 0.1) is 23.0 Å².